The van der Waals surface area contributed by atoms with Gasteiger partial charge in [0.05, 0.1) is 17.6 Å². The Morgan fingerprint density at radius 3 is 1.88 bits per heavy atom. The van der Waals surface area contributed by atoms with Gasteiger partial charge in [-0.05, 0) is 66.6 Å². The van der Waals surface area contributed by atoms with Crippen LogP contribution in [-0.2, 0) is 0 Å². The molecule has 0 spiro atoms. The van der Waals surface area contributed by atoms with Gasteiger partial charge in [0.25, 0.3) is 5.91 Å². The van der Waals surface area contributed by atoms with Crippen LogP contribution < -0.4 is 5.43 Å². The Labute approximate surface area is 198 Å². The van der Waals surface area contributed by atoms with Crippen LogP contribution >= 0.6 is 0 Å². The predicted molar refractivity (Wildman–Crippen MR) is 135 cm³/mol. The van der Waals surface area contributed by atoms with Crippen LogP contribution in [0.1, 0.15) is 21.9 Å². The van der Waals surface area contributed by atoms with Crippen LogP contribution in [-0.4, -0.2) is 16.7 Å². The number of rotatable bonds is 6. The highest BCUT2D eigenvalue weighted by Crippen LogP contribution is 2.32. The van der Waals surface area contributed by atoms with Crippen molar-refractivity contribution in [3.8, 4) is 28.2 Å². The van der Waals surface area contributed by atoms with Crippen molar-refractivity contribution in [3.05, 3.63) is 126 Å². The maximum absolute atomic E-state index is 12.6. The van der Waals surface area contributed by atoms with Crippen molar-refractivity contribution in [2.45, 2.75) is 6.92 Å². The number of hydrogen-bond acceptors (Lipinski definition) is 3. The van der Waals surface area contributed by atoms with Crippen molar-refractivity contribution in [1.82, 2.24) is 9.99 Å². The molecular weight excluding hydrogens is 422 g/mol. The van der Waals surface area contributed by atoms with Gasteiger partial charge in [-0.3, -0.25) is 4.79 Å². The Balaban J connectivity index is 1.45. The standard InChI is InChI=1S/C29H23N3O2/c1-21-12-17-26(34-21)20-30-31-29(33)24-13-15-25(16-14-24)32-27(22-8-4-2-5-9-22)18-19-28(32)23-10-6-3-7-11-23/h2-20H,1H3,(H,31,33). The molecule has 5 nitrogen and oxygen atoms in total. The fraction of sp³-hybridized carbons (Fsp3) is 0.0345. The summed E-state index contributed by atoms with van der Waals surface area (Å²) in [6, 6.07) is 36.0. The molecule has 0 aliphatic carbocycles. The summed E-state index contributed by atoms with van der Waals surface area (Å²) in [7, 11) is 0. The third-order valence-corrected chi connectivity index (χ3v) is 5.53. The summed E-state index contributed by atoms with van der Waals surface area (Å²) >= 11 is 0. The van der Waals surface area contributed by atoms with Gasteiger partial charge in [-0.2, -0.15) is 5.10 Å². The van der Waals surface area contributed by atoms with Crippen molar-refractivity contribution in [3.63, 3.8) is 0 Å². The van der Waals surface area contributed by atoms with E-state index in [1.165, 1.54) is 6.21 Å². The second-order valence-electron chi connectivity index (χ2n) is 7.87. The molecule has 0 unspecified atom stereocenters. The molecule has 0 aliphatic rings. The number of hydrazone groups is 1. The van der Waals surface area contributed by atoms with Gasteiger partial charge in [0.15, 0.2) is 0 Å². The zero-order chi connectivity index (χ0) is 23.3. The molecule has 2 aromatic heterocycles. The number of nitrogens with zero attached hydrogens (tertiary/aromatic N) is 2. The number of amides is 1. The van der Waals surface area contributed by atoms with E-state index < -0.39 is 0 Å². The second-order valence-corrected chi connectivity index (χ2v) is 7.87. The smallest absolute Gasteiger partial charge is 0.271 e. The zero-order valence-electron chi connectivity index (χ0n) is 18.7. The molecule has 5 heteroatoms. The fourth-order valence-electron chi connectivity index (χ4n) is 3.89. The molecule has 166 valence electrons. The summed E-state index contributed by atoms with van der Waals surface area (Å²) in [5.41, 5.74) is 8.43. The highest BCUT2D eigenvalue weighted by Gasteiger charge is 2.14. The van der Waals surface area contributed by atoms with Crippen molar-refractivity contribution in [1.29, 1.82) is 0 Å². The van der Waals surface area contributed by atoms with Crippen LogP contribution in [0.15, 0.2) is 119 Å². The minimum atomic E-state index is -0.287. The Morgan fingerprint density at radius 1 is 0.765 bits per heavy atom. The predicted octanol–water partition coefficient (Wildman–Crippen LogP) is 6.48. The number of hydrogen-bond donors (Lipinski definition) is 1. The number of benzene rings is 3. The Kier molecular flexibility index (Phi) is 5.91. The van der Waals surface area contributed by atoms with Crippen molar-refractivity contribution in [2.24, 2.45) is 5.10 Å². The van der Waals surface area contributed by atoms with Crippen molar-refractivity contribution < 1.29 is 9.21 Å². The average Bonchev–Trinajstić information content (AvgIpc) is 3.51. The SMILES string of the molecule is Cc1ccc(C=NNC(=O)c2ccc(-n3c(-c4ccccc4)ccc3-c3ccccc3)cc2)o1. The Bertz CT molecular complexity index is 1370. The first-order chi connectivity index (χ1) is 16.7. The van der Waals surface area contributed by atoms with E-state index in [-0.39, 0.29) is 5.91 Å². The third-order valence-electron chi connectivity index (χ3n) is 5.53. The lowest BCUT2D eigenvalue weighted by molar-refractivity contribution is 0.0955. The maximum Gasteiger partial charge on any atom is 0.271 e. The number of aromatic nitrogens is 1. The van der Waals surface area contributed by atoms with Gasteiger partial charge in [-0.25, -0.2) is 5.43 Å². The Morgan fingerprint density at radius 2 is 1.35 bits per heavy atom. The van der Waals surface area contributed by atoms with Crippen LogP contribution in [0.3, 0.4) is 0 Å². The third kappa shape index (κ3) is 4.45. The van der Waals surface area contributed by atoms with E-state index in [9.17, 15) is 4.79 Å². The number of nitrogens with one attached hydrogen (secondary N) is 1. The van der Waals surface area contributed by atoms with Crippen LogP contribution in [0.4, 0.5) is 0 Å². The minimum absolute atomic E-state index is 0.287. The van der Waals surface area contributed by atoms with Gasteiger partial charge < -0.3 is 8.98 Å². The van der Waals surface area contributed by atoms with Gasteiger partial charge in [-0.15, -0.1) is 0 Å². The quantitative estimate of drug-likeness (QED) is 0.240. The molecule has 1 amide bonds. The lowest BCUT2D eigenvalue weighted by Gasteiger charge is -2.15. The largest absolute Gasteiger partial charge is 0.460 e. The molecule has 0 fully saturated rings. The number of aryl methyl sites for hydroxylation is 1. The molecule has 0 bridgehead atoms. The van der Waals surface area contributed by atoms with Crippen LogP contribution in [0.25, 0.3) is 28.2 Å². The molecule has 34 heavy (non-hydrogen) atoms. The second kappa shape index (κ2) is 9.46. The molecule has 0 saturated carbocycles. The highest BCUT2D eigenvalue weighted by atomic mass is 16.3. The highest BCUT2D eigenvalue weighted by molar-refractivity contribution is 5.95. The van der Waals surface area contributed by atoms with E-state index in [0.717, 1.165) is 34.0 Å². The molecule has 0 aliphatic heterocycles. The monoisotopic (exact) mass is 445 g/mol. The Hall–Kier alpha value is -4.64. The van der Waals surface area contributed by atoms with E-state index >= 15 is 0 Å². The zero-order valence-corrected chi connectivity index (χ0v) is 18.7. The summed E-state index contributed by atoms with van der Waals surface area (Å²) in [6.45, 7) is 1.86. The molecule has 3 aromatic carbocycles. The van der Waals surface area contributed by atoms with Gasteiger partial charge in [0, 0.05) is 11.3 Å². The first-order valence-electron chi connectivity index (χ1n) is 11.0. The summed E-state index contributed by atoms with van der Waals surface area (Å²) in [5.74, 6) is 1.09. The fourth-order valence-corrected chi connectivity index (χ4v) is 3.89. The van der Waals surface area contributed by atoms with Gasteiger partial charge >= 0.3 is 0 Å². The van der Waals surface area contributed by atoms with E-state index in [1.807, 2.05) is 61.5 Å². The molecule has 0 radical (unpaired) electrons. The molecule has 0 saturated heterocycles. The molecule has 2 heterocycles. The minimum Gasteiger partial charge on any atom is -0.460 e. The molecule has 5 aromatic rings. The molecule has 0 atom stereocenters. The summed E-state index contributed by atoms with van der Waals surface area (Å²) in [6.07, 6.45) is 1.48. The first-order valence-corrected chi connectivity index (χ1v) is 11.0. The van der Waals surface area contributed by atoms with Crippen LogP contribution in [0, 0.1) is 6.92 Å². The normalized spacial score (nSPS) is 11.1. The van der Waals surface area contributed by atoms with Gasteiger partial charge in [-0.1, -0.05) is 60.7 Å². The number of carbonyl (C=O) groups is 1. The van der Waals surface area contributed by atoms with E-state index in [0.29, 0.717) is 11.3 Å². The van der Waals surface area contributed by atoms with E-state index in [1.54, 1.807) is 18.2 Å². The first kappa shape index (κ1) is 21.2. The lowest BCUT2D eigenvalue weighted by Crippen LogP contribution is -2.17. The number of furan rings is 1. The van der Waals surface area contributed by atoms with Gasteiger partial charge in [0.1, 0.15) is 11.5 Å². The van der Waals surface area contributed by atoms with Crippen molar-refractivity contribution in [2.75, 3.05) is 0 Å². The molecule has 1 N–H and O–H groups in total. The van der Waals surface area contributed by atoms with Crippen LogP contribution in [0.5, 0.6) is 0 Å². The summed E-state index contributed by atoms with van der Waals surface area (Å²) < 4.78 is 7.63. The molecular formula is C29H23N3O2. The van der Waals surface area contributed by atoms with E-state index in [2.05, 4.69) is 51.5 Å². The number of carbonyl (C=O) groups excluding carboxylic acids is 1. The topological polar surface area (TPSA) is 59.5 Å². The summed E-state index contributed by atoms with van der Waals surface area (Å²) in [5, 5.41) is 3.99. The molecule has 5 rings (SSSR count). The average molecular weight is 446 g/mol. The maximum atomic E-state index is 12.6. The van der Waals surface area contributed by atoms with Crippen molar-refractivity contribution >= 4 is 12.1 Å². The van der Waals surface area contributed by atoms with Crippen LogP contribution in [0.2, 0.25) is 0 Å². The summed E-state index contributed by atoms with van der Waals surface area (Å²) in [4.78, 5) is 12.6. The lowest BCUT2D eigenvalue weighted by atomic mass is 10.1. The van der Waals surface area contributed by atoms with E-state index in [4.69, 9.17) is 4.42 Å². The van der Waals surface area contributed by atoms with Gasteiger partial charge in [0.2, 0.25) is 0 Å².